The molecule has 4 heteroatoms. The van der Waals surface area contributed by atoms with Crippen molar-refractivity contribution in [2.75, 3.05) is 16.8 Å². The van der Waals surface area contributed by atoms with Gasteiger partial charge in [-0.2, -0.15) is 0 Å². The molecular formula is C16H19BrFNO. The van der Waals surface area contributed by atoms with Crippen LogP contribution in [0.15, 0.2) is 18.2 Å². The highest BCUT2D eigenvalue weighted by atomic mass is 79.9. The SMILES string of the molecule is O=C1CCc2cc(F)ccc2N1CC1(CBr)CCCC1. The van der Waals surface area contributed by atoms with Crippen molar-refractivity contribution in [3.8, 4) is 0 Å². The number of nitrogens with zero attached hydrogens (tertiary/aromatic N) is 1. The predicted molar refractivity (Wildman–Crippen MR) is 81.8 cm³/mol. The molecule has 0 N–H and O–H groups in total. The summed E-state index contributed by atoms with van der Waals surface area (Å²) in [4.78, 5) is 14.2. The molecule has 0 atom stereocenters. The first-order valence-electron chi connectivity index (χ1n) is 7.28. The summed E-state index contributed by atoms with van der Waals surface area (Å²) in [6.45, 7) is 0.760. The molecule has 0 aromatic heterocycles. The van der Waals surface area contributed by atoms with Gasteiger partial charge in [0.05, 0.1) is 0 Å². The van der Waals surface area contributed by atoms with E-state index in [0.29, 0.717) is 12.8 Å². The van der Waals surface area contributed by atoms with Crippen LogP contribution in [-0.2, 0) is 11.2 Å². The third-order valence-corrected chi connectivity index (χ3v) is 5.87. The lowest BCUT2D eigenvalue weighted by Crippen LogP contribution is -2.43. The van der Waals surface area contributed by atoms with Crippen molar-refractivity contribution in [1.82, 2.24) is 0 Å². The Balaban J connectivity index is 1.91. The number of fused-ring (bicyclic) bond motifs is 1. The van der Waals surface area contributed by atoms with Gasteiger partial charge in [-0.05, 0) is 48.4 Å². The summed E-state index contributed by atoms with van der Waals surface area (Å²) in [7, 11) is 0. The molecule has 1 aliphatic heterocycles. The zero-order valence-corrected chi connectivity index (χ0v) is 13.1. The maximum atomic E-state index is 13.4. The zero-order chi connectivity index (χ0) is 14.2. The molecule has 0 bridgehead atoms. The van der Waals surface area contributed by atoms with Crippen LogP contribution in [0, 0.1) is 11.2 Å². The number of anilines is 1. The quantitative estimate of drug-likeness (QED) is 0.760. The normalized spacial score (nSPS) is 21.1. The molecule has 1 aromatic rings. The van der Waals surface area contributed by atoms with E-state index >= 15 is 0 Å². The molecule has 1 amide bonds. The van der Waals surface area contributed by atoms with Crippen LogP contribution in [0.3, 0.4) is 0 Å². The second-order valence-electron chi connectivity index (χ2n) is 6.09. The molecule has 1 heterocycles. The molecule has 1 saturated carbocycles. The highest BCUT2D eigenvalue weighted by Crippen LogP contribution is 2.42. The summed E-state index contributed by atoms with van der Waals surface area (Å²) in [6.07, 6.45) is 5.96. The van der Waals surface area contributed by atoms with Gasteiger partial charge in [0.2, 0.25) is 5.91 Å². The lowest BCUT2D eigenvalue weighted by Gasteiger charge is -2.37. The van der Waals surface area contributed by atoms with Gasteiger partial charge in [-0.1, -0.05) is 28.8 Å². The zero-order valence-electron chi connectivity index (χ0n) is 11.5. The van der Waals surface area contributed by atoms with Gasteiger partial charge in [0.25, 0.3) is 0 Å². The predicted octanol–water partition coefficient (Wildman–Crippen LogP) is 4.06. The standard InChI is InChI=1S/C16H19BrFNO/c17-10-16(7-1-2-8-16)11-19-14-5-4-13(18)9-12(14)3-6-15(19)20/h4-5,9H,1-3,6-8,10-11H2. The second-order valence-corrected chi connectivity index (χ2v) is 6.65. The minimum absolute atomic E-state index is 0.177. The van der Waals surface area contributed by atoms with E-state index in [0.717, 1.165) is 23.1 Å². The number of aryl methyl sites for hydroxylation is 1. The molecular weight excluding hydrogens is 321 g/mol. The van der Waals surface area contributed by atoms with Crippen LogP contribution >= 0.6 is 15.9 Å². The molecule has 2 aliphatic rings. The minimum atomic E-state index is -0.214. The van der Waals surface area contributed by atoms with Gasteiger partial charge in [0.1, 0.15) is 5.82 Å². The smallest absolute Gasteiger partial charge is 0.227 e. The van der Waals surface area contributed by atoms with Crippen molar-refractivity contribution in [2.45, 2.75) is 38.5 Å². The Bertz CT molecular complexity index is 525. The van der Waals surface area contributed by atoms with Crippen LogP contribution in [0.2, 0.25) is 0 Å². The van der Waals surface area contributed by atoms with E-state index in [1.54, 1.807) is 12.1 Å². The van der Waals surface area contributed by atoms with Crippen LogP contribution in [-0.4, -0.2) is 17.8 Å². The fraction of sp³-hybridized carbons (Fsp3) is 0.562. The first kappa shape index (κ1) is 14.1. The van der Waals surface area contributed by atoms with Crippen LogP contribution in [0.25, 0.3) is 0 Å². The summed E-state index contributed by atoms with van der Waals surface area (Å²) in [6, 6.07) is 4.79. The van der Waals surface area contributed by atoms with E-state index in [1.165, 1.54) is 31.7 Å². The molecule has 1 aliphatic carbocycles. The Kier molecular flexibility index (Phi) is 3.85. The van der Waals surface area contributed by atoms with E-state index in [2.05, 4.69) is 15.9 Å². The van der Waals surface area contributed by atoms with Crippen molar-refractivity contribution in [2.24, 2.45) is 5.41 Å². The number of rotatable bonds is 3. The molecule has 0 saturated heterocycles. The number of hydrogen-bond donors (Lipinski definition) is 0. The van der Waals surface area contributed by atoms with Gasteiger partial charge in [-0.25, -0.2) is 4.39 Å². The van der Waals surface area contributed by atoms with Crippen molar-refractivity contribution >= 4 is 27.5 Å². The number of hydrogen-bond acceptors (Lipinski definition) is 1. The first-order chi connectivity index (χ1) is 9.63. The lowest BCUT2D eigenvalue weighted by molar-refractivity contribution is -0.119. The van der Waals surface area contributed by atoms with E-state index in [4.69, 9.17) is 0 Å². The number of carbonyl (C=O) groups excluding carboxylic acids is 1. The van der Waals surface area contributed by atoms with Crippen LogP contribution < -0.4 is 4.90 Å². The number of carbonyl (C=O) groups is 1. The molecule has 2 nitrogen and oxygen atoms in total. The molecule has 0 unspecified atom stereocenters. The van der Waals surface area contributed by atoms with E-state index in [1.807, 2.05) is 4.90 Å². The van der Waals surface area contributed by atoms with Crippen molar-refractivity contribution < 1.29 is 9.18 Å². The Morgan fingerprint density at radius 3 is 2.70 bits per heavy atom. The summed E-state index contributed by atoms with van der Waals surface area (Å²) in [5.74, 6) is -0.0366. The largest absolute Gasteiger partial charge is 0.312 e. The highest BCUT2D eigenvalue weighted by molar-refractivity contribution is 9.09. The van der Waals surface area contributed by atoms with Crippen LogP contribution in [0.1, 0.15) is 37.7 Å². The molecule has 3 rings (SSSR count). The van der Waals surface area contributed by atoms with Crippen LogP contribution in [0.5, 0.6) is 0 Å². The average molecular weight is 340 g/mol. The molecule has 0 radical (unpaired) electrons. The second kappa shape index (κ2) is 5.47. The van der Waals surface area contributed by atoms with Crippen LogP contribution in [0.4, 0.5) is 10.1 Å². The van der Waals surface area contributed by atoms with Crippen molar-refractivity contribution in [3.63, 3.8) is 0 Å². The topological polar surface area (TPSA) is 20.3 Å². The summed E-state index contributed by atoms with van der Waals surface area (Å²) in [5, 5.41) is 0.931. The fourth-order valence-corrected chi connectivity index (χ4v) is 4.23. The van der Waals surface area contributed by atoms with Gasteiger partial charge >= 0.3 is 0 Å². The average Bonchev–Trinajstić information content (AvgIpc) is 2.91. The van der Waals surface area contributed by atoms with Gasteiger partial charge in [0, 0.05) is 24.0 Å². The third kappa shape index (κ3) is 2.50. The van der Waals surface area contributed by atoms with Crippen molar-refractivity contribution in [3.05, 3.63) is 29.6 Å². The van der Waals surface area contributed by atoms with Crippen molar-refractivity contribution in [1.29, 1.82) is 0 Å². The Morgan fingerprint density at radius 2 is 2.00 bits per heavy atom. The molecule has 1 aromatic carbocycles. The Morgan fingerprint density at radius 1 is 1.25 bits per heavy atom. The molecule has 108 valence electrons. The monoisotopic (exact) mass is 339 g/mol. The van der Waals surface area contributed by atoms with Gasteiger partial charge in [-0.3, -0.25) is 4.79 Å². The molecule has 1 fully saturated rings. The Hall–Kier alpha value is -0.900. The fourth-order valence-electron chi connectivity index (χ4n) is 3.50. The molecule has 20 heavy (non-hydrogen) atoms. The van der Waals surface area contributed by atoms with Gasteiger partial charge < -0.3 is 4.90 Å². The van der Waals surface area contributed by atoms with E-state index in [-0.39, 0.29) is 17.1 Å². The maximum absolute atomic E-state index is 13.4. The lowest BCUT2D eigenvalue weighted by atomic mass is 9.87. The first-order valence-corrected chi connectivity index (χ1v) is 8.40. The summed E-state index contributed by atoms with van der Waals surface area (Å²) in [5.41, 5.74) is 2.07. The third-order valence-electron chi connectivity index (χ3n) is 4.68. The maximum Gasteiger partial charge on any atom is 0.227 e. The number of benzene rings is 1. The summed E-state index contributed by atoms with van der Waals surface area (Å²) < 4.78 is 13.4. The van der Waals surface area contributed by atoms with E-state index in [9.17, 15) is 9.18 Å². The number of alkyl halides is 1. The van der Waals surface area contributed by atoms with E-state index < -0.39 is 0 Å². The minimum Gasteiger partial charge on any atom is -0.312 e. The highest BCUT2D eigenvalue weighted by Gasteiger charge is 2.37. The number of amides is 1. The number of halogens is 2. The Labute approximate surface area is 127 Å². The van der Waals surface area contributed by atoms with Gasteiger partial charge in [0.15, 0.2) is 0 Å². The van der Waals surface area contributed by atoms with Gasteiger partial charge in [-0.15, -0.1) is 0 Å². The molecule has 0 spiro atoms. The summed E-state index contributed by atoms with van der Waals surface area (Å²) >= 11 is 3.63.